The first-order valence-corrected chi connectivity index (χ1v) is 6.03. The first-order chi connectivity index (χ1) is 7.63. The van der Waals surface area contributed by atoms with Crippen molar-refractivity contribution in [2.75, 3.05) is 0 Å². The molecule has 4 heteroatoms. The van der Waals surface area contributed by atoms with Gasteiger partial charge in [-0.1, -0.05) is 15.9 Å². The molecule has 0 aliphatic carbocycles. The van der Waals surface area contributed by atoms with Gasteiger partial charge in [-0.05, 0) is 32.0 Å². The first-order valence-electron chi connectivity index (χ1n) is 5.24. The van der Waals surface area contributed by atoms with E-state index in [0.29, 0.717) is 12.6 Å². The lowest BCUT2D eigenvalue weighted by atomic mass is 10.2. The van der Waals surface area contributed by atoms with Crippen molar-refractivity contribution in [2.45, 2.75) is 26.5 Å². The number of hydrogen-bond acceptors (Lipinski definition) is 2. The maximum Gasteiger partial charge on any atom is 0.0950 e. The normalized spacial score (nSPS) is 11.6. The summed E-state index contributed by atoms with van der Waals surface area (Å²) < 4.78 is 3.30. The fourth-order valence-corrected chi connectivity index (χ4v) is 2.29. The van der Waals surface area contributed by atoms with Crippen LogP contribution in [0.15, 0.2) is 28.9 Å². The summed E-state index contributed by atoms with van der Waals surface area (Å²) in [4.78, 5) is 4.74. The fraction of sp³-hybridized carbons (Fsp3) is 0.333. The molecule has 0 spiro atoms. The quantitative estimate of drug-likeness (QED) is 0.877. The minimum absolute atomic E-state index is 0.426. The zero-order valence-electron chi connectivity index (χ0n) is 9.40. The molecule has 0 fully saturated rings. The van der Waals surface area contributed by atoms with E-state index >= 15 is 0 Å². The number of halogens is 1. The standard InChI is InChI=1S/C12H15BrN2O/c1-8(2)15-6-9(7-16-14)11-5-10(13)3-4-12(11)15/h3-6,8H,7,14H2,1-2H3. The lowest BCUT2D eigenvalue weighted by Gasteiger charge is -2.08. The molecule has 1 heterocycles. The van der Waals surface area contributed by atoms with Gasteiger partial charge in [0.25, 0.3) is 0 Å². The Hall–Kier alpha value is -0.840. The fourth-order valence-electron chi connectivity index (χ4n) is 1.93. The van der Waals surface area contributed by atoms with Gasteiger partial charge in [0.2, 0.25) is 0 Å². The topological polar surface area (TPSA) is 40.2 Å². The third-order valence-electron chi connectivity index (χ3n) is 2.67. The maximum absolute atomic E-state index is 5.15. The summed E-state index contributed by atoms with van der Waals surface area (Å²) in [6.45, 7) is 4.76. The van der Waals surface area contributed by atoms with E-state index in [0.717, 1.165) is 10.0 Å². The second kappa shape index (κ2) is 4.57. The number of nitrogens with two attached hydrogens (primary N) is 1. The first kappa shape index (κ1) is 11.6. The molecule has 0 radical (unpaired) electrons. The molecule has 86 valence electrons. The summed E-state index contributed by atoms with van der Waals surface area (Å²) in [6.07, 6.45) is 2.11. The van der Waals surface area contributed by atoms with E-state index in [9.17, 15) is 0 Å². The Balaban J connectivity index is 2.66. The van der Waals surface area contributed by atoms with Crippen LogP contribution in [0.1, 0.15) is 25.5 Å². The Morgan fingerprint density at radius 2 is 2.19 bits per heavy atom. The molecule has 0 saturated carbocycles. The molecule has 2 N–H and O–H groups in total. The zero-order chi connectivity index (χ0) is 11.7. The van der Waals surface area contributed by atoms with Gasteiger partial charge in [-0.2, -0.15) is 0 Å². The lowest BCUT2D eigenvalue weighted by Crippen LogP contribution is -1.99. The summed E-state index contributed by atoms with van der Waals surface area (Å²) >= 11 is 3.48. The van der Waals surface area contributed by atoms with E-state index in [4.69, 9.17) is 10.7 Å². The Morgan fingerprint density at radius 1 is 1.44 bits per heavy atom. The van der Waals surface area contributed by atoms with Gasteiger partial charge in [-0.15, -0.1) is 0 Å². The molecule has 0 aliphatic rings. The number of aromatic nitrogens is 1. The second-order valence-corrected chi connectivity index (χ2v) is 5.04. The number of fused-ring (bicyclic) bond motifs is 1. The molecule has 2 aromatic rings. The van der Waals surface area contributed by atoms with E-state index in [1.54, 1.807) is 0 Å². The Kier molecular flexibility index (Phi) is 3.33. The van der Waals surface area contributed by atoms with Crippen molar-refractivity contribution in [3.8, 4) is 0 Å². The summed E-state index contributed by atoms with van der Waals surface area (Å²) in [5.41, 5.74) is 2.33. The monoisotopic (exact) mass is 282 g/mol. The van der Waals surface area contributed by atoms with Gasteiger partial charge in [0.1, 0.15) is 0 Å². The van der Waals surface area contributed by atoms with Crippen LogP contribution in [0.4, 0.5) is 0 Å². The third-order valence-corrected chi connectivity index (χ3v) is 3.17. The number of hydrogen-bond donors (Lipinski definition) is 1. The predicted molar refractivity (Wildman–Crippen MR) is 69.0 cm³/mol. The zero-order valence-corrected chi connectivity index (χ0v) is 11.0. The molecule has 0 amide bonds. The molecule has 2 rings (SSSR count). The summed E-state index contributed by atoms with van der Waals surface area (Å²) in [5.74, 6) is 5.15. The van der Waals surface area contributed by atoms with Crippen LogP contribution in [-0.2, 0) is 11.4 Å². The smallest absolute Gasteiger partial charge is 0.0950 e. The Morgan fingerprint density at radius 3 is 2.81 bits per heavy atom. The van der Waals surface area contributed by atoms with Crippen molar-refractivity contribution in [1.82, 2.24) is 4.57 Å². The molecule has 16 heavy (non-hydrogen) atoms. The highest BCUT2D eigenvalue weighted by molar-refractivity contribution is 9.10. The average Bonchev–Trinajstić information content (AvgIpc) is 2.58. The average molecular weight is 283 g/mol. The summed E-state index contributed by atoms with van der Waals surface area (Å²) in [7, 11) is 0. The number of rotatable bonds is 3. The molecule has 0 aliphatic heterocycles. The molecule has 0 bridgehead atoms. The van der Waals surface area contributed by atoms with Gasteiger partial charge >= 0.3 is 0 Å². The van der Waals surface area contributed by atoms with E-state index in [2.05, 4.69) is 52.7 Å². The van der Waals surface area contributed by atoms with Crippen molar-refractivity contribution in [3.05, 3.63) is 34.4 Å². The van der Waals surface area contributed by atoms with Crippen LogP contribution in [0.25, 0.3) is 10.9 Å². The van der Waals surface area contributed by atoms with Crippen LogP contribution in [0.2, 0.25) is 0 Å². The molecule has 3 nitrogen and oxygen atoms in total. The van der Waals surface area contributed by atoms with Crippen molar-refractivity contribution in [2.24, 2.45) is 5.90 Å². The molecular formula is C12H15BrN2O. The van der Waals surface area contributed by atoms with Crippen molar-refractivity contribution in [1.29, 1.82) is 0 Å². The third kappa shape index (κ3) is 2.00. The van der Waals surface area contributed by atoms with Crippen LogP contribution in [0.3, 0.4) is 0 Å². The Bertz CT molecular complexity index is 505. The van der Waals surface area contributed by atoms with E-state index in [-0.39, 0.29) is 0 Å². The Labute approximate surface area is 103 Å². The summed E-state index contributed by atoms with van der Waals surface area (Å²) in [5, 5.41) is 1.19. The van der Waals surface area contributed by atoms with Gasteiger partial charge in [0.15, 0.2) is 0 Å². The van der Waals surface area contributed by atoms with E-state index in [1.165, 1.54) is 10.9 Å². The van der Waals surface area contributed by atoms with Crippen LogP contribution in [-0.4, -0.2) is 4.57 Å². The molecule has 0 atom stereocenters. The van der Waals surface area contributed by atoms with E-state index in [1.807, 2.05) is 6.07 Å². The lowest BCUT2D eigenvalue weighted by molar-refractivity contribution is 0.125. The van der Waals surface area contributed by atoms with Gasteiger partial charge in [-0.25, -0.2) is 5.90 Å². The number of benzene rings is 1. The highest BCUT2D eigenvalue weighted by Gasteiger charge is 2.10. The molecule has 0 saturated heterocycles. The maximum atomic E-state index is 5.15. The molecular weight excluding hydrogens is 268 g/mol. The predicted octanol–water partition coefficient (Wildman–Crippen LogP) is 3.38. The largest absolute Gasteiger partial charge is 0.345 e. The summed E-state index contributed by atoms with van der Waals surface area (Å²) in [6, 6.07) is 6.69. The van der Waals surface area contributed by atoms with Crippen molar-refractivity contribution < 1.29 is 4.84 Å². The molecule has 1 aromatic carbocycles. The number of nitrogens with zero attached hydrogens (tertiary/aromatic N) is 1. The van der Waals surface area contributed by atoms with Gasteiger partial charge < -0.3 is 4.57 Å². The van der Waals surface area contributed by atoms with Gasteiger partial charge in [0, 0.05) is 33.2 Å². The SMILES string of the molecule is CC(C)n1cc(CON)c2cc(Br)ccc21. The second-order valence-electron chi connectivity index (χ2n) is 4.13. The van der Waals surface area contributed by atoms with Crippen LogP contribution in [0, 0.1) is 0 Å². The van der Waals surface area contributed by atoms with Gasteiger partial charge in [-0.3, -0.25) is 4.84 Å². The van der Waals surface area contributed by atoms with Crippen LogP contribution < -0.4 is 5.90 Å². The minimum atomic E-state index is 0.426. The van der Waals surface area contributed by atoms with Crippen molar-refractivity contribution in [3.63, 3.8) is 0 Å². The van der Waals surface area contributed by atoms with Crippen molar-refractivity contribution >= 4 is 26.8 Å². The van der Waals surface area contributed by atoms with E-state index < -0.39 is 0 Å². The highest BCUT2D eigenvalue weighted by atomic mass is 79.9. The van der Waals surface area contributed by atoms with Crippen LogP contribution >= 0.6 is 15.9 Å². The molecule has 0 unspecified atom stereocenters. The minimum Gasteiger partial charge on any atom is -0.345 e. The van der Waals surface area contributed by atoms with Gasteiger partial charge in [0.05, 0.1) is 6.61 Å². The van der Waals surface area contributed by atoms with Crippen LogP contribution in [0.5, 0.6) is 0 Å². The highest BCUT2D eigenvalue weighted by Crippen LogP contribution is 2.27. The molecule has 1 aromatic heterocycles.